The Morgan fingerprint density at radius 2 is 1.88 bits per heavy atom. The van der Waals surface area contributed by atoms with Gasteiger partial charge in [-0.1, -0.05) is 18.2 Å². The molecule has 5 nitrogen and oxygen atoms in total. The molecule has 2 heterocycles. The van der Waals surface area contributed by atoms with E-state index < -0.39 is 0 Å². The lowest BCUT2D eigenvalue weighted by Gasteiger charge is -2.32. The zero-order valence-corrected chi connectivity index (χ0v) is 16.1. The van der Waals surface area contributed by atoms with Crippen LogP contribution < -0.4 is 5.73 Å². The minimum absolute atomic E-state index is 0. The van der Waals surface area contributed by atoms with Crippen molar-refractivity contribution in [1.82, 2.24) is 14.7 Å². The van der Waals surface area contributed by atoms with Crippen LogP contribution in [0.5, 0.6) is 0 Å². The number of carbonyl (C=O) groups excluding carboxylic acids is 1. The number of likely N-dealkylation sites (tertiary alicyclic amines) is 1. The summed E-state index contributed by atoms with van der Waals surface area (Å²) in [4.78, 5) is 14.4. The molecule has 1 aromatic carbocycles. The topological polar surface area (TPSA) is 64.2 Å². The largest absolute Gasteiger partial charge is 0.399 e. The number of nitrogens with zero attached hydrogens (tertiary/aromatic N) is 3. The molecule has 1 aliphatic heterocycles. The predicted octanol–water partition coefficient (Wildman–Crippen LogP) is 3.18. The number of hydrogen-bond donors (Lipinski definition) is 1. The van der Waals surface area contributed by atoms with E-state index in [0.29, 0.717) is 18.8 Å². The zero-order valence-electron chi connectivity index (χ0n) is 14.4. The van der Waals surface area contributed by atoms with E-state index in [9.17, 15) is 4.79 Å². The lowest BCUT2D eigenvalue weighted by atomic mass is 9.93. The first-order chi connectivity index (χ1) is 11.1. The fraction of sp³-hybridized carbons (Fsp3) is 0.444. The fourth-order valence-electron chi connectivity index (χ4n) is 3.37. The molecule has 1 fully saturated rings. The molecular weight excluding hydrogens is 359 g/mol. The third kappa shape index (κ3) is 5.13. The third-order valence-corrected chi connectivity index (χ3v) is 4.79. The van der Waals surface area contributed by atoms with Crippen LogP contribution >= 0.6 is 24.8 Å². The number of nitrogen functional groups attached to an aromatic ring is 1. The Labute approximate surface area is 161 Å². The molecule has 0 radical (unpaired) electrons. The standard InChI is InChI=1S/C18H24N4O.2ClH/c1-21-17(8-11-20-21)15-9-12-22(13-10-15)18(23)7-6-14-4-2-3-5-16(14)19;;/h2-5,8,11,15H,6-7,9-10,12-13,19H2,1H3;2*1H. The van der Waals surface area contributed by atoms with Crippen molar-refractivity contribution >= 4 is 36.4 Å². The molecule has 0 bridgehead atoms. The first-order valence-electron chi connectivity index (χ1n) is 8.24. The highest BCUT2D eigenvalue weighted by molar-refractivity contribution is 5.85. The maximum absolute atomic E-state index is 12.4. The van der Waals surface area contributed by atoms with Gasteiger partial charge in [0.1, 0.15) is 0 Å². The summed E-state index contributed by atoms with van der Waals surface area (Å²) in [6.45, 7) is 1.66. The van der Waals surface area contributed by atoms with Crippen molar-refractivity contribution in [2.75, 3.05) is 18.8 Å². The Kier molecular flexibility index (Phi) is 8.26. The van der Waals surface area contributed by atoms with Gasteiger partial charge in [0.2, 0.25) is 5.91 Å². The second kappa shape index (κ2) is 9.68. The van der Waals surface area contributed by atoms with Crippen molar-refractivity contribution in [3.05, 3.63) is 47.8 Å². The van der Waals surface area contributed by atoms with Gasteiger partial charge in [-0.15, -0.1) is 24.8 Å². The van der Waals surface area contributed by atoms with E-state index in [1.54, 1.807) is 0 Å². The SMILES string of the molecule is Cl.Cl.Cn1nccc1C1CCN(C(=O)CCc2ccccc2N)CC1. The van der Waals surface area contributed by atoms with Gasteiger partial charge in [-0.05, 0) is 37.0 Å². The van der Waals surface area contributed by atoms with E-state index in [0.717, 1.165) is 37.2 Å². The Hall–Kier alpha value is -1.72. The van der Waals surface area contributed by atoms with Crippen molar-refractivity contribution in [2.24, 2.45) is 7.05 Å². The van der Waals surface area contributed by atoms with Crippen molar-refractivity contribution in [1.29, 1.82) is 0 Å². The van der Waals surface area contributed by atoms with Crippen LogP contribution in [0.1, 0.15) is 36.4 Å². The molecule has 0 spiro atoms. The van der Waals surface area contributed by atoms with Gasteiger partial charge in [0.05, 0.1) is 0 Å². The summed E-state index contributed by atoms with van der Waals surface area (Å²) in [6, 6.07) is 9.86. The lowest BCUT2D eigenvalue weighted by molar-refractivity contribution is -0.132. The minimum Gasteiger partial charge on any atom is -0.399 e. The second-order valence-corrected chi connectivity index (χ2v) is 6.23. The molecule has 0 aliphatic carbocycles. The van der Waals surface area contributed by atoms with Crippen LogP contribution in [0.3, 0.4) is 0 Å². The maximum Gasteiger partial charge on any atom is 0.222 e. The van der Waals surface area contributed by atoms with Gasteiger partial charge in [0.25, 0.3) is 0 Å². The van der Waals surface area contributed by atoms with Gasteiger partial charge in [-0.25, -0.2) is 0 Å². The van der Waals surface area contributed by atoms with E-state index in [1.165, 1.54) is 5.69 Å². The molecule has 2 aromatic rings. The van der Waals surface area contributed by atoms with Crippen LogP contribution in [0, 0.1) is 0 Å². The normalized spacial score (nSPS) is 14.5. The van der Waals surface area contributed by atoms with E-state index in [4.69, 9.17) is 5.73 Å². The molecule has 0 unspecified atom stereocenters. The van der Waals surface area contributed by atoms with Crippen LogP contribution in [0.25, 0.3) is 0 Å². The monoisotopic (exact) mass is 384 g/mol. The predicted molar refractivity (Wildman–Crippen MR) is 105 cm³/mol. The van der Waals surface area contributed by atoms with Gasteiger partial charge in [-0.3, -0.25) is 9.48 Å². The molecule has 0 atom stereocenters. The number of aryl methyl sites for hydroxylation is 2. The number of para-hydroxylation sites is 1. The summed E-state index contributed by atoms with van der Waals surface area (Å²) in [6.07, 6.45) is 5.12. The first kappa shape index (κ1) is 21.3. The Bertz CT molecular complexity index is 681. The third-order valence-electron chi connectivity index (χ3n) is 4.79. The van der Waals surface area contributed by atoms with E-state index in [-0.39, 0.29) is 30.7 Å². The molecule has 2 N–H and O–H groups in total. The number of carbonyl (C=O) groups is 1. The van der Waals surface area contributed by atoms with Gasteiger partial charge in [-0.2, -0.15) is 5.10 Å². The summed E-state index contributed by atoms with van der Waals surface area (Å²) in [5, 5.41) is 4.24. The van der Waals surface area contributed by atoms with Crippen LogP contribution in [0.15, 0.2) is 36.5 Å². The summed E-state index contributed by atoms with van der Waals surface area (Å²) < 4.78 is 1.94. The van der Waals surface area contributed by atoms with Gasteiger partial charge >= 0.3 is 0 Å². The lowest BCUT2D eigenvalue weighted by Crippen LogP contribution is -2.38. The van der Waals surface area contributed by atoms with Crippen LogP contribution in [-0.4, -0.2) is 33.7 Å². The molecule has 1 saturated heterocycles. The average Bonchev–Trinajstić information content (AvgIpc) is 3.00. The van der Waals surface area contributed by atoms with Crippen molar-refractivity contribution in [3.8, 4) is 0 Å². The molecule has 138 valence electrons. The number of nitrogens with two attached hydrogens (primary N) is 1. The number of rotatable bonds is 4. The minimum atomic E-state index is 0. The smallest absolute Gasteiger partial charge is 0.222 e. The second-order valence-electron chi connectivity index (χ2n) is 6.23. The number of hydrogen-bond acceptors (Lipinski definition) is 3. The van der Waals surface area contributed by atoms with E-state index in [1.807, 2.05) is 47.1 Å². The van der Waals surface area contributed by atoms with Crippen LogP contribution in [0.4, 0.5) is 5.69 Å². The number of halogens is 2. The molecule has 0 saturated carbocycles. The summed E-state index contributed by atoms with van der Waals surface area (Å²) >= 11 is 0. The van der Waals surface area contributed by atoms with Crippen molar-refractivity contribution in [3.63, 3.8) is 0 Å². The summed E-state index contributed by atoms with van der Waals surface area (Å²) in [5.41, 5.74) is 9.05. The highest BCUT2D eigenvalue weighted by Crippen LogP contribution is 2.27. The first-order valence-corrected chi connectivity index (χ1v) is 8.24. The quantitative estimate of drug-likeness (QED) is 0.823. The highest BCUT2D eigenvalue weighted by atomic mass is 35.5. The van der Waals surface area contributed by atoms with E-state index >= 15 is 0 Å². The molecule has 1 aliphatic rings. The van der Waals surface area contributed by atoms with Gasteiger partial charge in [0.15, 0.2) is 0 Å². The van der Waals surface area contributed by atoms with Crippen LogP contribution in [0.2, 0.25) is 0 Å². The number of anilines is 1. The number of piperidine rings is 1. The zero-order chi connectivity index (χ0) is 16.2. The number of benzene rings is 1. The molecular formula is C18H26Cl2N4O. The van der Waals surface area contributed by atoms with E-state index in [2.05, 4.69) is 11.2 Å². The summed E-state index contributed by atoms with van der Waals surface area (Å²) in [5.74, 6) is 0.744. The average molecular weight is 385 g/mol. The molecule has 3 rings (SSSR count). The maximum atomic E-state index is 12.4. The van der Waals surface area contributed by atoms with Crippen LogP contribution in [-0.2, 0) is 18.3 Å². The van der Waals surface area contributed by atoms with Crippen molar-refractivity contribution in [2.45, 2.75) is 31.6 Å². The number of amides is 1. The fourth-order valence-corrected chi connectivity index (χ4v) is 3.37. The summed E-state index contributed by atoms with van der Waals surface area (Å²) in [7, 11) is 1.98. The van der Waals surface area contributed by atoms with Gasteiger partial charge < -0.3 is 10.6 Å². The molecule has 25 heavy (non-hydrogen) atoms. The Morgan fingerprint density at radius 3 is 2.48 bits per heavy atom. The Morgan fingerprint density at radius 1 is 1.20 bits per heavy atom. The molecule has 1 aromatic heterocycles. The Balaban J connectivity index is 0.00000156. The van der Waals surface area contributed by atoms with Crippen molar-refractivity contribution < 1.29 is 4.79 Å². The molecule has 1 amide bonds. The molecule has 7 heteroatoms. The number of aromatic nitrogens is 2. The van der Waals surface area contributed by atoms with Gasteiger partial charge in [0, 0.05) is 50.1 Å². The highest BCUT2D eigenvalue weighted by Gasteiger charge is 2.25.